The average molecular weight is 538 g/mol. The van der Waals surface area contributed by atoms with Gasteiger partial charge in [-0.05, 0) is 37.2 Å². The fraction of sp³-hybridized carbons (Fsp3) is 0.435. The van der Waals surface area contributed by atoms with Gasteiger partial charge in [-0.3, -0.25) is 14.7 Å². The van der Waals surface area contributed by atoms with E-state index in [4.69, 9.17) is 0 Å². The van der Waals surface area contributed by atoms with E-state index in [1.165, 1.54) is 5.56 Å². The highest BCUT2D eigenvalue weighted by atomic mass is 127. The number of benzene rings is 1. The molecule has 2 aromatic rings. The van der Waals surface area contributed by atoms with Gasteiger partial charge in [-0.2, -0.15) is 0 Å². The minimum atomic E-state index is -0.0837. The minimum absolute atomic E-state index is 0. The van der Waals surface area contributed by atoms with Gasteiger partial charge >= 0.3 is 0 Å². The molecule has 170 valence electrons. The summed E-state index contributed by atoms with van der Waals surface area (Å²) in [5.74, 6) is 1.17. The summed E-state index contributed by atoms with van der Waals surface area (Å²) in [4.78, 5) is 23.0. The number of guanidine groups is 1. The largest absolute Gasteiger partial charge is 0.356 e. The van der Waals surface area contributed by atoms with Gasteiger partial charge in [0, 0.05) is 32.8 Å². The van der Waals surface area contributed by atoms with Crippen molar-refractivity contribution in [3.8, 4) is 0 Å². The number of pyridine rings is 1. The molecule has 1 amide bonds. The zero-order chi connectivity index (χ0) is 21.8. The van der Waals surface area contributed by atoms with Gasteiger partial charge in [-0.1, -0.05) is 50.2 Å². The number of hydrogen-bond acceptors (Lipinski definition) is 4. The van der Waals surface area contributed by atoms with Crippen molar-refractivity contribution >= 4 is 41.7 Å². The average Bonchev–Trinajstić information content (AvgIpc) is 2.77. The van der Waals surface area contributed by atoms with Crippen molar-refractivity contribution in [3.05, 3.63) is 59.8 Å². The van der Waals surface area contributed by atoms with Gasteiger partial charge in [-0.25, -0.2) is 4.98 Å². The summed E-state index contributed by atoms with van der Waals surface area (Å²) in [5, 5.41) is 9.42. The van der Waals surface area contributed by atoms with Gasteiger partial charge < -0.3 is 16.0 Å². The van der Waals surface area contributed by atoms with E-state index in [9.17, 15) is 4.79 Å². The zero-order valence-electron chi connectivity index (χ0n) is 18.9. The summed E-state index contributed by atoms with van der Waals surface area (Å²) >= 11 is 0. The van der Waals surface area contributed by atoms with E-state index in [1.54, 1.807) is 19.3 Å². The van der Waals surface area contributed by atoms with E-state index >= 15 is 0 Å². The van der Waals surface area contributed by atoms with Crippen LogP contribution in [0.15, 0.2) is 53.7 Å². The molecule has 0 spiro atoms. The van der Waals surface area contributed by atoms with Crippen LogP contribution in [0.5, 0.6) is 0 Å². The van der Waals surface area contributed by atoms with Crippen molar-refractivity contribution in [2.45, 2.75) is 33.2 Å². The lowest BCUT2D eigenvalue weighted by Crippen LogP contribution is -2.43. The Morgan fingerprint density at radius 2 is 1.81 bits per heavy atom. The molecule has 1 heterocycles. The standard InChI is InChI=1S/C23H34N6O.HI/c1-5-29(6-2)20(19-10-8-7-9-11-19)17-27-23(24-4)25-15-14-22(30)28-21-13-12-18(3)16-26-21;/h7-13,16,20H,5-6,14-15,17H2,1-4H3,(H2,24,25,27)(H,26,28,30);1H. The molecule has 31 heavy (non-hydrogen) atoms. The molecule has 0 aliphatic carbocycles. The Hall–Kier alpha value is -2.20. The van der Waals surface area contributed by atoms with Crippen LogP contribution in [0.25, 0.3) is 0 Å². The molecule has 0 aliphatic heterocycles. The number of rotatable bonds is 10. The van der Waals surface area contributed by atoms with Gasteiger partial charge in [-0.15, -0.1) is 24.0 Å². The molecule has 0 aliphatic rings. The van der Waals surface area contributed by atoms with Gasteiger partial charge in [0.05, 0.1) is 6.04 Å². The highest BCUT2D eigenvalue weighted by Crippen LogP contribution is 2.19. The number of carbonyl (C=O) groups excluding carboxylic acids is 1. The zero-order valence-corrected chi connectivity index (χ0v) is 21.2. The van der Waals surface area contributed by atoms with Crippen molar-refractivity contribution < 1.29 is 4.79 Å². The number of nitrogens with one attached hydrogen (secondary N) is 3. The van der Waals surface area contributed by atoms with Crippen molar-refractivity contribution in [3.63, 3.8) is 0 Å². The van der Waals surface area contributed by atoms with Crippen molar-refractivity contribution in [2.24, 2.45) is 4.99 Å². The predicted molar refractivity (Wildman–Crippen MR) is 139 cm³/mol. The Morgan fingerprint density at radius 1 is 1.10 bits per heavy atom. The Labute approximate surface area is 203 Å². The summed E-state index contributed by atoms with van der Waals surface area (Å²) in [6.07, 6.45) is 2.06. The normalized spacial score (nSPS) is 12.1. The highest BCUT2D eigenvalue weighted by Gasteiger charge is 2.18. The lowest BCUT2D eigenvalue weighted by atomic mass is 10.1. The van der Waals surface area contributed by atoms with Gasteiger partial charge in [0.2, 0.25) is 5.91 Å². The fourth-order valence-electron chi connectivity index (χ4n) is 3.25. The Bertz CT molecular complexity index is 793. The molecule has 3 N–H and O–H groups in total. The summed E-state index contributed by atoms with van der Waals surface area (Å²) in [5.41, 5.74) is 2.33. The number of halogens is 1. The Kier molecular flexibility index (Phi) is 12.8. The molecule has 1 unspecified atom stereocenters. The van der Waals surface area contributed by atoms with Crippen molar-refractivity contribution in [1.82, 2.24) is 20.5 Å². The molecule has 1 aromatic heterocycles. The van der Waals surface area contributed by atoms with E-state index < -0.39 is 0 Å². The number of aliphatic imine (C=N–C) groups is 1. The van der Waals surface area contributed by atoms with E-state index in [0.717, 1.165) is 25.2 Å². The number of anilines is 1. The third kappa shape index (κ3) is 9.22. The van der Waals surface area contributed by atoms with Crippen LogP contribution in [0.3, 0.4) is 0 Å². The number of hydrogen-bond donors (Lipinski definition) is 3. The van der Waals surface area contributed by atoms with Crippen molar-refractivity contribution in [2.75, 3.05) is 38.5 Å². The lowest BCUT2D eigenvalue weighted by molar-refractivity contribution is -0.116. The van der Waals surface area contributed by atoms with E-state index in [2.05, 4.69) is 68.9 Å². The molecular formula is C23H35IN6O. The molecular weight excluding hydrogens is 503 g/mol. The van der Waals surface area contributed by atoms with E-state index in [0.29, 0.717) is 24.7 Å². The number of carbonyl (C=O) groups is 1. The first-order valence-electron chi connectivity index (χ1n) is 10.5. The van der Waals surface area contributed by atoms with Crippen LogP contribution in [0, 0.1) is 6.92 Å². The highest BCUT2D eigenvalue weighted by molar-refractivity contribution is 14.0. The molecule has 2 rings (SSSR count). The summed E-state index contributed by atoms with van der Waals surface area (Å²) < 4.78 is 0. The smallest absolute Gasteiger partial charge is 0.227 e. The minimum Gasteiger partial charge on any atom is -0.356 e. The monoisotopic (exact) mass is 538 g/mol. The van der Waals surface area contributed by atoms with Crippen LogP contribution in [-0.4, -0.2) is 55.0 Å². The number of aryl methyl sites for hydroxylation is 1. The van der Waals surface area contributed by atoms with Crippen LogP contribution in [-0.2, 0) is 4.79 Å². The van der Waals surface area contributed by atoms with Crippen LogP contribution in [0.1, 0.15) is 37.4 Å². The maximum atomic E-state index is 12.1. The Morgan fingerprint density at radius 3 is 2.39 bits per heavy atom. The van der Waals surface area contributed by atoms with Gasteiger partial charge in [0.1, 0.15) is 5.82 Å². The second kappa shape index (κ2) is 14.7. The first-order chi connectivity index (χ1) is 14.6. The molecule has 0 bridgehead atoms. The molecule has 8 heteroatoms. The first kappa shape index (κ1) is 26.8. The molecule has 0 radical (unpaired) electrons. The maximum absolute atomic E-state index is 12.1. The van der Waals surface area contributed by atoms with Crippen LogP contribution >= 0.6 is 24.0 Å². The molecule has 0 saturated heterocycles. The topological polar surface area (TPSA) is 81.6 Å². The van der Waals surface area contributed by atoms with Crippen LogP contribution in [0.4, 0.5) is 5.82 Å². The maximum Gasteiger partial charge on any atom is 0.227 e. The van der Waals surface area contributed by atoms with E-state index in [-0.39, 0.29) is 35.9 Å². The number of aromatic nitrogens is 1. The molecule has 1 atom stereocenters. The third-order valence-corrected chi connectivity index (χ3v) is 4.95. The molecule has 1 aromatic carbocycles. The molecule has 0 saturated carbocycles. The van der Waals surface area contributed by atoms with Crippen LogP contribution in [0.2, 0.25) is 0 Å². The summed E-state index contributed by atoms with van der Waals surface area (Å²) in [7, 11) is 1.74. The quantitative estimate of drug-likeness (QED) is 0.245. The summed E-state index contributed by atoms with van der Waals surface area (Å²) in [6, 6.07) is 14.5. The number of likely N-dealkylation sites (N-methyl/N-ethyl adjacent to an activating group) is 1. The second-order valence-corrected chi connectivity index (χ2v) is 7.05. The second-order valence-electron chi connectivity index (χ2n) is 7.05. The fourth-order valence-corrected chi connectivity index (χ4v) is 3.25. The Balaban J connectivity index is 0.00000480. The first-order valence-corrected chi connectivity index (χ1v) is 10.5. The predicted octanol–water partition coefficient (Wildman–Crippen LogP) is 3.58. The van der Waals surface area contributed by atoms with Crippen LogP contribution < -0.4 is 16.0 Å². The van der Waals surface area contributed by atoms with E-state index in [1.807, 2.05) is 19.1 Å². The molecule has 0 fully saturated rings. The number of amides is 1. The van der Waals surface area contributed by atoms with Gasteiger partial charge in [0.25, 0.3) is 0 Å². The van der Waals surface area contributed by atoms with Gasteiger partial charge in [0.15, 0.2) is 5.96 Å². The number of nitrogens with zero attached hydrogens (tertiary/aromatic N) is 3. The third-order valence-electron chi connectivity index (χ3n) is 4.95. The molecule has 7 nitrogen and oxygen atoms in total. The SMILES string of the molecule is CCN(CC)C(CNC(=NC)NCCC(=O)Nc1ccc(C)cn1)c1ccccc1.I. The lowest BCUT2D eigenvalue weighted by Gasteiger charge is -2.30. The summed E-state index contributed by atoms with van der Waals surface area (Å²) in [6.45, 7) is 9.46. The van der Waals surface area contributed by atoms with Crippen molar-refractivity contribution in [1.29, 1.82) is 0 Å².